The summed E-state index contributed by atoms with van der Waals surface area (Å²) < 4.78 is 18.8. The molecule has 5 nitrogen and oxygen atoms in total. The van der Waals surface area contributed by atoms with Crippen molar-refractivity contribution < 1.29 is 13.6 Å². The fourth-order valence-corrected chi connectivity index (χ4v) is 3.19. The molecule has 150 valence electrons. The van der Waals surface area contributed by atoms with Crippen molar-refractivity contribution in [1.29, 1.82) is 0 Å². The molecule has 0 atom stereocenters. The van der Waals surface area contributed by atoms with Gasteiger partial charge in [-0.2, -0.15) is 0 Å². The van der Waals surface area contributed by atoms with Crippen LogP contribution in [-0.2, 0) is 6.42 Å². The number of oxazole rings is 1. The van der Waals surface area contributed by atoms with Gasteiger partial charge in [-0.25, -0.2) is 9.37 Å². The second-order valence-corrected chi connectivity index (χ2v) is 7.28. The molecule has 0 bridgehead atoms. The predicted octanol–water partition coefficient (Wildman–Crippen LogP) is 4.99. The topological polar surface area (TPSA) is 67.2 Å². The van der Waals surface area contributed by atoms with Crippen molar-refractivity contribution >= 4 is 40.0 Å². The molecule has 3 aromatic carbocycles. The van der Waals surface area contributed by atoms with Gasteiger partial charge in [-0.1, -0.05) is 18.2 Å². The smallest absolute Gasteiger partial charge is 0.257 e. The van der Waals surface area contributed by atoms with Crippen molar-refractivity contribution in [3.05, 3.63) is 95.1 Å². The highest BCUT2D eigenvalue weighted by atomic mass is 32.1. The summed E-state index contributed by atoms with van der Waals surface area (Å²) in [4.78, 5) is 16.7. The van der Waals surface area contributed by atoms with Crippen molar-refractivity contribution in [2.24, 2.45) is 0 Å². The van der Waals surface area contributed by atoms with Crippen molar-refractivity contribution in [3.63, 3.8) is 0 Å². The van der Waals surface area contributed by atoms with Crippen LogP contribution in [-0.4, -0.2) is 16.0 Å². The Morgan fingerprint density at radius 2 is 1.80 bits per heavy atom. The Labute approximate surface area is 177 Å². The molecular weight excluding hydrogens is 401 g/mol. The van der Waals surface area contributed by atoms with E-state index in [0.717, 1.165) is 27.9 Å². The van der Waals surface area contributed by atoms with E-state index in [-0.39, 0.29) is 5.11 Å². The molecule has 30 heavy (non-hydrogen) atoms. The first kappa shape index (κ1) is 19.7. The first-order chi connectivity index (χ1) is 14.5. The van der Waals surface area contributed by atoms with E-state index in [1.54, 1.807) is 0 Å². The summed E-state index contributed by atoms with van der Waals surface area (Å²) in [6.07, 6.45) is 0.569. The normalized spacial score (nSPS) is 10.7. The molecule has 4 rings (SSSR count). The maximum Gasteiger partial charge on any atom is 0.257 e. The summed E-state index contributed by atoms with van der Waals surface area (Å²) in [5.74, 6) is -0.158. The third-order valence-electron chi connectivity index (χ3n) is 4.49. The number of halogens is 1. The van der Waals surface area contributed by atoms with Crippen LogP contribution in [0.1, 0.15) is 27.4 Å². The number of aromatic nitrogens is 1. The van der Waals surface area contributed by atoms with E-state index in [4.69, 9.17) is 16.6 Å². The minimum absolute atomic E-state index is 0.159. The van der Waals surface area contributed by atoms with Gasteiger partial charge in [0, 0.05) is 17.7 Å². The fourth-order valence-electron chi connectivity index (χ4n) is 2.98. The number of rotatable bonds is 4. The van der Waals surface area contributed by atoms with Crippen LogP contribution < -0.4 is 10.6 Å². The molecule has 7 heteroatoms. The van der Waals surface area contributed by atoms with Gasteiger partial charge in [0.05, 0.1) is 0 Å². The molecule has 0 aliphatic carbocycles. The van der Waals surface area contributed by atoms with Crippen LogP contribution in [0.15, 0.2) is 71.1 Å². The molecule has 1 heterocycles. The number of benzene rings is 3. The maximum absolute atomic E-state index is 13.0. The average Bonchev–Trinajstić information content (AvgIpc) is 3.11. The monoisotopic (exact) mass is 419 g/mol. The summed E-state index contributed by atoms with van der Waals surface area (Å²) in [5.41, 5.74) is 4.85. The fraction of sp³-hybridized carbons (Fsp3) is 0.0870. The van der Waals surface area contributed by atoms with E-state index in [9.17, 15) is 9.18 Å². The van der Waals surface area contributed by atoms with Gasteiger partial charge >= 0.3 is 0 Å². The molecule has 0 aliphatic rings. The highest BCUT2D eigenvalue weighted by molar-refractivity contribution is 7.80. The number of nitrogens with one attached hydrogen (secondary N) is 2. The molecule has 0 saturated heterocycles. The first-order valence-corrected chi connectivity index (χ1v) is 9.70. The SMILES string of the molecule is Cc1ccc2oc(Cc3ccc(NC(=S)NC(=O)c4ccc(F)cc4)cc3)nc2c1. The number of aryl methyl sites for hydroxylation is 1. The summed E-state index contributed by atoms with van der Waals surface area (Å²) in [6, 6.07) is 18.8. The minimum Gasteiger partial charge on any atom is -0.440 e. The van der Waals surface area contributed by atoms with Crippen LogP contribution >= 0.6 is 12.2 Å². The number of fused-ring (bicyclic) bond motifs is 1. The zero-order chi connectivity index (χ0) is 21.1. The molecule has 1 aromatic heterocycles. The molecule has 0 fully saturated rings. The minimum atomic E-state index is -0.407. The lowest BCUT2D eigenvalue weighted by Gasteiger charge is -2.10. The number of anilines is 1. The third-order valence-corrected chi connectivity index (χ3v) is 4.69. The number of hydrogen-bond donors (Lipinski definition) is 2. The molecule has 2 N–H and O–H groups in total. The van der Waals surface area contributed by atoms with Crippen LogP contribution in [0.3, 0.4) is 0 Å². The zero-order valence-electron chi connectivity index (χ0n) is 16.1. The van der Waals surface area contributed by atoms with Gasteiger partial charge < -0.3 is 9.73 Å². The van der Waals surface area contributed by atoms with Crippen LogP contribution in [0.4, 0.5) is 10.1 Å². The van der Waals surface area contributed by atoms with Crippen molar-refractivity contribution in [3.8, 4) is 0 Å². The molecule has 0 unspecified atom stereocenters. The number of hydrogen-bond acceptors (Lipinski definition) is 4. The van der Waals surface area contributed by atoms with E-state index in [1.807, 2.05) is 49.4 Å². The Balaban J connectivity index is 1.36. The van der Waals surface area contributed by atoms with Crippen LogP contribution in [0, 0.1) is 12.7 Å². The van der Waals surface area contributed by atoms with E-state index >= 15 is 0 Å². The van der Waals surface area contributed by atoms with Gasteiger partial charge in [-0.3, -0.25) is 10.1 Å². The maximum atomic E-state index is 13.0. The van der Waals surface area contributed by atoms with E-state index < -0.39 is 11.7 Å². The Hall–Kier alpha value is -3.58. The second-order valence-electron chi connectivity index (χ2n) is 6.87. The van der Waals surface area contributed by atoms with Gasteiger partial charge in [0.1, 0.15) is 11.3 Å². The standard InChI is InChI=1S/C23H18FN3O2S/c1-14-2-11-20-19(12-14)26-21(29-20)13-15-3-9-18(10-4-15)25-23(30)27-22(28)16-5-7-17(24)8-6-16/h2-12H,13H2,1H3,(H2,25,27,28,30). The molecule has 1 amide bonds. The highest BCUT2D eigenvalue weighted by Crippen LogP contribution is 2.20. The number of nitrogens with zero attached hydrogens (tertiary/aromatic N) is 1. The summed E-state index contributed by atoms with van der Waals surface area (Å²) >= 11 is 5.18. The zero-order valence-corrected chi connectivity index (χ0v) is 16.9. The second kappa shape index (κ2) is 8.42. The van der Waals surface area contributed by atoms with Gasteiger partial charge in [-0.05, 0) is 78.8 Å². The average molecular weight is 419 g/mol. The van der Waals surface area contributed by atoms with Gasteiger partial charge in [0.25, 0.3) is 5.91 Å². The van der Waals surface area contributed by atoms with Crippen LogP contribution in [0.2, 0.25) is 0 Å². The van der Waals surface area contributed by atoms with Crippen LogP contribution in [0.5, 0.6) is 0 Å². The van der Waals surface area contributed by atoms with Gasteiger partial charge in [-0.15, -0.1) is 0 Å². The number of carbonyl (C=O) groups is 1. The molecule has 4 aromatic rings. The van der Waals surface area contributed by atoms with E-state index in [2.05, 4.69) is 15.6 Å². The van der Waals surface area contributed by atoms with Crippen molar-refractivity contribution in [2.45, 2.75) is 13.3 Å². The lowest BCUT2D eigenvalue weighted by molar-refractivity contribution is 0.0977. The van der Waals surface area contributed by atoms with Crippen molar-refractivity contribution in [1.82, 2.24) is 10.3 Å². The highest BCUT2D eigenvalue weighted by Gasteiger charge is 2.09. The molecule has 0 radical (unpaired) electrons. The number of carbonyl (C=O) groups excluding carboxylic acids is 1. The quantitative estimate of drug-likeness (QED) is 0.456. The lowest BCUT2D eigenvalue weighted by Crippen LogP contribution is -2.34. The first-order valence-electron chi connectivity index (χ1n) is 9.29. The molecule has 0 spiro atoms. The Kier molecular flexibility index (Phi) is 5.54. The Morgan fingerprint density at radius 3 is 2.53 bits per heavy atom. The number of amides is 1. The van der Waals surface area contributed by atoms with Gasteiger partial charge in [0.15, 0.2) is 16.6 Å². The Morgan fingerprint density at radius 1 is 1.07 bits per heavy atom. The Bertz CT molecular complexity index is 1220. The summed E-state index contributed by atoms with van der Waals surface area (Å²) in [6.45, 7) is 2.02. The predicted molar refractivity (Wildman–Crippen MR) is 118 cm³/mol. The van der Waals surface area contributed by atoms with Crippen LogP contribution in [0.25, 0.3) is 11.1 Å². The summed E-state index contributed by atoms with van der Waals surface area (Å²) in [7, 11) is 0. The van der Waals surface area contributed by atoms with Gasteiger partial charge in [0.2, 0.25) is 0 Å². The van der Waals surface area contributed by atoms with E-state index in [0.29, 0.717) is 17.9 Å². The molecule has 0 aliphatic heterocycles. The summed E-state index contributed by atoms with van der Waals surface area (Å²) in [5, 5.41) is 5.69. The third kappa shape index (κ3) is 4.69. The van der Waals surface area contributed by atoms with Crippen molar-refractivity contribution in [2.75, 3.05) is 5.32 Å². The molecular formula is C23H18FN3O2S. The molecule has 0 saturated carbocycles. The lowest BCUT2D eigenvalue weighted by atomic mass is 10.1. The van der Waals surface area contributed by atoms with E-state index in [1.165, 1.54) is 24.3 Å². The largest absolute Gasteiger partial charge is 0.440 e. The number of thiocarbonyl (C=S) groups is 1.